The second-order valence-corrected chi connectivity index (χ2v) is 4.57. The van der Waals surface area contributed by atoms with E-state index < -0.39 is 0 Å². The highest BCUT2D eigenvalue weighted by molar-refractivity contribution is 5.80. The molecule has 1 aliphatic heterocycles. The van der Waals surface area contributed by atoms with Gasteiger partial charge in [0.25, 0.3) is 0 Å². The van der Waals surface area contributed by atoms with E-state index in [1.807, 2.05) is 0 Å². The van der Waals surface area contributed by atoms with E-state index in [0.29, 0.717) is 6.04 Å². The zero-order valence-electron chi connectivity index (χ0n) is 10.5. The Morgan fingerprint density at radius 2 is 2.12 bits per heavy atom. The minimum atomic E-state index is 0.496. The largest absolute Gasteiger partial charge is 0.370 e. The Morgan fingerprint density at radius 1 is 1.35 bits per heavy atom. The molecule has 0 bridgehead atoms. The van der Waals surface area contributed by atoms with E-state index in [-0.39, 0.29) is 0 Å². The number of guanidine groups is 1. The summed E-state index contributed by atoms with van der Waals surface area (Å²) in [5, 5.41) is 0. The second-order valence-electron chi connectivity index (χ2n) is 4.57. The first-order chi connectivity index (χ1) is 8.31. The van der Waals surface area contributed by atoms with Gasteiger partial charge in [0.05, 0.1) is 12.6 Å². The lowest BCUT2D eigenvalue weighted by atomic mass is 10.0. The number of hydrogen-bond donors (Lipinski definition) is 1. The number of hydrogen-bond acceptors (Lipinski definition) is 3. The van der Waals surface area contributed by atoms with Crippen LogP contribution in [0.3, 0.4) is 0 Å². The maximum atomic E-state index is 5.90. The highest BCUT2D eigenvalue weighted by atomic mass is 15.3. The zero-order valence-corrected chi connectivity index (χ0v) is 10.5. The lowest BCUT2D eigenvalue weighted by molar-refractivity contribution is 0.324. The van der Waals surface area contributed by atoms with Gasteiger partial charge >= 0.3 is 0 Å². The van der Waals surface area contributed by atoms with E-state index in [0.717, 1.165) is 38.3 Å². The Labute approximate surface area is 103 Å². The predicted molar refractivity (Wildman–Crippen MR) is 72.0 cm³/mol. The summed E-state index contributed by atoms with van der Waals surface area (Å²) in [4.78, 5) is 6.60. The molecule has 2 rings (SSSR count). The molecule has 0 spiro atoms. The van der Waals surface area contributed by atoms with Gasteiger partial charge in [-0.3, -0.25) is 4.99 Å². The van der Waals surface area contributed by atoms with E-state index in [9.17, 15) is 0 Å². The van der Waals surface area contributed by atoms with Gasteiger partial charge in [0.2, 0.25) is 0 Å². The number of rotatable bonds is 5. The average Bonchev–Trinajstić information content (AvgIpc) is 2.70. The third-order valence-corrected chi connectivity index (χ3v) is 3.27. The fraction of sp³-hybridized carbons (Fsp3) is 0.500. The van der Waals surface area contributed by atoms with Crippen molar-refractivity contribution in [3.63, 3.8) is 0 Å². The van der Waals surface area contributed by atoms with Crippen LogP contribution in [0.15, 0.2) is 35.3 Å². The van der Waals surface area contributed by atoms with E-state index in [4.69, 9.17) is 5.73 Å². The molecule has 17 heavy (non-hydrogen) atoms. The van der Waals surface area contributed by atoms with Crippen LogP contribution >= 0.6 is 0 Å². The molecule has 92 valence electrons. The summed E-state index contributed by atoms with van der Waals surface area (Å²) in [5.74, 6) is 0.727. The molecule has 0 saturated carbocycles. The van der Waals surface area contributed by atoms with Crippen molar-refractivity contribution in [3.05, 3.63) is 35.9 Å². The molecule has 1 aromatic rings. The predicted octanol–water partition coefficient (Wildman–Crippen LogP) is 2.03. The van der Waals surface area contributed by atoms with Crippen LogP contribution in [0, 0.1) is 0 Å². The first-order valence-corrected chi connectivity index (χ1v) is 6.41. The first-order valence-electron chi connectivity index (χ1n) is 6.41. The molecule has 0 fully saturated rings. The molecule has 0 radical (unpaired) electrons. The molecule has 0 aliphatic carbocycles. The fourth-order valence-corrected chi connectivity index (χ4v) is 2.34. The second kappa shape index (κ2) is 5.71. The van der Waals surface area contributed by atoms with Crippen LogP contribution in [0.25, 0.3) is 0 Å². The lowest BCUT2D eigenvalue weighted by Crippen LogP contribution is -2.41. The molecule has 0 aromatic heterocycles. The summed E-state index contributed by atoms with van der Waals surface area (Å²) in [7, 11) is 0. The van der Waals surface area contributed by atoms with Gasteiger partial charge < -0.3 is 10.6 Å². The number of benzene rings is 1. The molecule has 3 nitrogen and oxygen atoms in total. The van der Waals surface area contributed by atoms with Crippen molar-refractivity contribution < 1.29 is 0 Å². The van der Waals surface area contributed by atoms with Crippen LogP contribution in [0.5, 0.6) is 0 Å². The van der Waals surface area contributed by atoms with Gasteiger partial charge in [-0.05, 0) is 24.8 Å². The molecule has 2 N–H and O–H groups in total. The van der Waals surface area contributed by atoms with Crippen LogP contribution in [-0.2, 0) is 6.42 Å². The molecule has 1 aliphatic rings. The SMILES string of the molecule is CCCN1C(N)=NCC1CCc1ccccc1. The highest BCUT2D eigenvalue weighted by Gasteiger charge is 2.24. The Hall–Kier alpha value is -1.51. The fourth-order valence-electron chi connectivity index (χ4n) is 2.34. The minimum absolute atomic E-state index is 0.496. The summed E-state index contributed by atoms with van der Waals surface area (Å²) in [6.45, 7) is 4.06. The van der Waals surface area contributed by atoms with Gasteiger partial charge in [0, 0.05) is 6.54 Å². The van der Waals surface area contributed by atoms with Gasteiger partial charge in [-0.15, -0.1) is 0 Å². The normalized spacial score (nSPS) is 19.5. The van der Waals surface area contributed by atoms with Crippen molar-refractivity contribution >= 4 is 5.96 Å². The Kier molecular flexibility index (Phi) is 4.02. The topological polar surface area (TPSA) is 41.6 Å². The number of aliphatic imine (C=N–C) groups is 1. The average molecular weight is 231 g/mol. The summed E-state index contributed by atoms with van der Waals surface area (Å²) in [6, 6.07) is 11.1. The smallest absolute Gasteiger partial charge is 0.191 e. The number of nitrogens with two attached hydrogens (primary N) is 1. The Bertz CT molecular complexity index is 372. The van der Waals surface area contributed by atoms with Crippen molar-refractivity contribution in [2.45, 2.75) is 32.2 Å². The molecule has 3 heteroatoms. The third-order valence-electron chi connectivity index (χ3n) is 3.27. The lowest BCUT2D eigenvalue weighted by Gasteiger charge is -2.25. The third kappa shape index (κ3) is 2.99. The maximum absolute atomic E-state index is 5.90. The van der Waals surface area contributed by atoms with E-state index in [1.54, 1.807) is 0 Å². The molecule has 1 aromatic carbocycles. The van der Waals surface area contributed by atoms with E-state index in [1.165, 1.54) is 5.56 Å². The highest BCUT2D eigenvalue weighted by Crippen LogP contribution is 2.15. The number of nitrogens with zero attached hydrogens (tertiary/aromatic N) is 2. The van der Waals surface area contributed by atoms with Gasteiger partial charge in [-0.2, -0.15) is 0 Å². The minimum Gasteiger partial charge on any atom is -0.370 e. The van der Waals surface area contributed by atoms with Gasteiger partial charge in [0.15, 0.2) is 5.96 Å². The zero-order chi connectivity index (χ0) is 12.1. The van der Waals surface area contributed by atoms with Gasteiger partial charge in [-0.25, -0.2) is 0 Å². The molecular formula is C14H21N3. The molecule has 1 unspecified atom stereocenters. The first kappa shape index (κ1) is 12.0. The van der Waals surface area contributed by atoms with Crippen LogP contribution in [0.4, 0.5) is 0 Å². The summed E-state index contributed by atoms with van der Waals surface area (Å²) in [6.07, 6.45) is 3.36. The van der Waals surface area contributed by atoms with Crippen molar-refractivity contribution in [1.29, 1.82) is 0 Å². The quantitative estimate of drug-likeness (QED) is 0.842. The Morgan fingerprint density at radius 3 is 2.82 bits per heavy atom. The van der Waals surface area contributed by atoms with Crippen LogP contribution in [0.2, 0.25) is 0 Å². The van der Waals surface area contributed by atoms with Crippen molar-refractivity contribution in [1.82, 2.24) is 4.90 Å². The van der Waals surface area contributed by atoms with Crippen molar-refractivity contribution in [3.8, 4) is 0 Å². The van der Waals surface area contributed by atoms with E-state index in [2.05, 4.69) is 47.1 Å². The summed E-state index contributed by atoms with van der Waals surface area (Å²) in [5.41, 5.74) is 7.30. The van der Waals surface area contributed by atoms with Gasteiger partial charge in [-0.1, -0.05) is 37.3 Å². The monoisotopic (exact) mass is 231 g/mol. The standard InChI is InChI=1S/C14H21N3/c1-2-10-17-13(11-16-14(17)15)9-8-12-6-4-3-5-7-12/h3-7,13H,2,8-11H2,1H3,(H2,15,16). The molecule has 1 heterocycles. The number of aryl methyl sites for hydroxylation is 1. The molecule has 0 saturated heterocycles. The van der Waals surface area contributed by atoms with E-state index >= 15 is 0 Å². The molecular weight excluding hydrogens is 210 g/mol. The van der Waals surface area contributed by atoms with Gasteiger partial charge in [0.1, 0.15) is 0 Å². The van der Waals surface area contributed by atoms with Crippen LogP contribution in [0.1, 0.15) is 25.3 Å². The summed E-state index contributed by atoms with van der Waals surface area (Å²) >= 11 is 0. The Balaban J connectivity index is 1.87. The maximum Gasteiger partial charge on any atom is 0.191 e. The molecule has 0 amide bonds. The summed E-state index contributed by atoms with van der Waals surface area (Å²) < 4.78 is 0. The van der Waals surface area contributed by atoms with Crippen molar-refractivity contribution in [2.75, 3.05) is 13.1 Å². The van der Waals surface area contributed by atoms with Crippen LogP contribution in [-0.4, -0.2) is 30.0 Å². The molecule has 1 atom stereocenters. The van der Waals surface area contributed by atoms with Crippen LogP contribution < -0.4 is 5.73 Å². The van der Waals surface area contributed by atoms with Crippen molar-refractivity contribution in [2.24, 2.45) is 10.7 Å².